The van der Waals surface area contributed by atoms with Crippen molar-refractivity contribution in [2.75, 3.05) is 11.1 Å². The van der Waals surface area contributed by atoms with Crippen molar-refractivity contribution in [2.24, 2.45) is 0 Å². The van der Waals surface area contributed by atoms with Gasteiger partial charge in [-0.2, -0.15) is 0 Å². The van der Waals surface area contributed by atoms with Gasteiger partial charge in [-0.15, -0.1) is 0 Å². The third kappa shape index (κ3) is 2.52. The van der Waals surface area contributed by atoms with Gasteiger partial charge in [-0.1, -0.05) is 48.5 Å². The molecule has 0 bridgehead atoms. The molecule has 0 aromatic heterocycles. The van der Waals surface area contributed by atoms with Gasteiger partial charge in [-0.25, -0.2) is 0 Å². The van der Waals surface area contributed by atoms with Gasteiger partial charge in [0.1, 0.15) is 0 Å². The SMILES string of the molecule is Nc1ccccc1NCc1ccc2ccccc2c1. The molecule has 2 heteroatoms. The Balaban J connectivity index is 1.80. The maximum atomic E-state index is 5.91. The molecule has 0 amide bonds. The molecule has 0 aliphatic rings. The third-order valence-corrected chi connectivity index (χ3v) is 3.26. The standard InChI is InChI=1S/C17H16N2/c18-16-7-3-4-8-17(16)19-12-13-9-10-14-5-1-2-6-15(14)11-13/h1-11,19H,12,18H2. The predicted octanol–water partition coefficient (Wildman–Crippen LogP) is 4.03. The molecule has 3 aromatic rings. The summed E-state index contributed by atoms with van der Waals surface area (Å²) in [6, 6.07) is 22.7. The molecule has 0 heterocycles. The summed E-state index contributed by atoms with van der Waals surface area (Å²) < 4.78 is 0. The summed E-state index contributed by atoms with van der Waals surface area (Å²) >= 11 is 0. The Hall–Kier alpha value is -2.48. The van der Waals surface area contributed by atoms with Crippen molar-refractivity contribution < 1.29 is 0 Å². The zero-order valence-corrected chi connectivity index (χ0v) is 10.6. The molecule has 0 saturated heterocycles. The van der Waals surface area contributed by atoms with E-state index in [2.05, 4.69) is 47.8 Å². The minimum absolute atomic E-state index is 0.777. The molecule has 94 valence electrons. The van der Waals surface area contributed by atoms with Gasteiger partial charge >= 0.3 is 0 Å². The highest BCUT2D eigenvalue weighted by molar-refractivity contribution is 5.83. The Morgan fingerprint density at radius 1 is 0.789 bits per heavy atom. The number of anilines is 2. The van der Waals surface area contributed by atoms with Crippen LogP contribution < -0.4 is 11.1 Å². The molecule has 2 nitrogen and oxygen atoms in total. The van der Waals surface area contributed by atoms with Gasteiger partial charge in [0.15, 0.2) is 0 Å². The second-order valence-electron chi connectivity index (χ2n) is 4.62. The van der Waals surface area contributed by atoms with Crippen molar-refractivity contribution in [2.45, 2.75) is 6.54 Å². The Kier molecular flexibility index (Phi) is 3.07. The summed E-state index contributed by atoms with van der Waals surface area (Å²) in [7, 11) is 0. The summed E-state index contributed by atoms with van der Waals surface area (Å²) in [4.78, 5) is 0. The van der Waals surface area contributed by atoms with Crippen LogP contribution in [0.15, 0.2) is 66.7 Å². The molecule has 0 spiro atoms. The number of hydrogen-bond donors (Lipinski definition) is 2. The molecule has 19 heavy (non-hydrogen) atoms. The first-order valence-corrected chi connectivity index (χ1v) is 6.39. The van der Waals surface area contributed by atoms with E-state index >= 15 is 0 Å². The summed E-state index contributed by atoms with van der Waals surface area (Å²) in [5.74, 6) is 0. The molecule has 0 atom stereocenters. The Morgan fingerprint density at radius 2 is 1.53 bits per heavy atom. The van der Waals surface area contributed by atoms with E-state index in [9.17, 15) is 0 Å². The van der Waals surface area contributed by atoms with Gasteiger partial charge in [0.2, 0.25) is 0 Å². The average Bonchev–Trinajstić information content (AvgIpc) is 2.46. The van der Waals surface area contributed by atoms with Crippen LogP contribution in [0.2, 0.25) is 0 Å². The number of nitrogens with two attached hydrogens (primary N) is 1. The number of benzene rings is 3. The second-order valence-corrected chi connectivity index (χ2v) is 4.62. The van der Waals surface area contributed by atoms with Crippen molar-refractivity contribution in [1.82, 2.24) is 0 Å². The Morgan fingerprint density at radius 3 is 2.37 bits per heavy atom. The topological polar surface area (TPSA) is 38.0 Å². The van der Waals surface area contributed by atoms with Gasteiger partial charge in [0, 0.05) is 6.54 Å². The van der Waals surface area contributed by atoms with Crippen molar-refractivity contribution in [3.8, 4) is 0 Å². The number of hydrogen-bond acceptors (Lipinski definition) is 2. The largest absolute Gasteiger partial charge is 0.397 e. The first-order chi connectivity index (χ1) is 9.33. The van der Waals surface area contributed by atoms with Crippen molar-refractivity contribution in [3.05, 3.63) is 72.3 Å². The molecular weight excluding hydrogens is 232 g/mol. The van der Waals surface area contributed by atoms with Crippen molar-refractivity contribution in [1.29, 1.82) is 0 Å². The summed E-state index contributed by atoms with van der Waals surface area (Å²) in [6.07, 6.45) is 0. The molecule has 3 rings (SSSR count). The summed E-state index contributed by atoms with van der Waals surface area (Å²) in [5, 5.41) is 5.90. The molecule has 3 aromatic carbocycles. The van der Waals surface area contributed by atoms with Gasteiger partial charge in [0.05, 0.1) is 11.4 Å². The van der Waals surface area contributed by atoms with Crippen LogP contribution in [0.5, 0.6) is 0 Å². The van der Waals surface area contributed by atoms with Crippen LogP contribution >= 0.6 is 0 Å². The monoisotopic (exact) mass is 248 g/mol. The average molecular weight is 248 g/mol. The zero-order chi connectivity index (χ0) is 13.1. The molecule has 0 fully saturated rings. The highest BCUT2D eigenvalue weighted by Crippen LogP contribution is 2.19. The lowest BCUT2D eigenvalue weighted by atomic mass is 10.1. The van der Waals surface area contributed by atoms with Crippen molar-refractivity contribution >= 4 is 22.1 Å². The highest BCUT2D eigenvalue weighted by atomic mass is 14.9. The van der Waals surface area contributed by atoms with Crippen LogP contribution in [0.1, 0.15) is 5.56 Å². The molecule has 3 N–H and O–H groups in total. The van der Waals surface area contributed by atoms with Crippen LogP contribution in [0.4, 0.5) is 11.4 Å². The minimum Gasteiger partial charge on any atom is -0.397 e. The van der Waals surface area contributed by atoms with E-state index in [1.165, 1.54) is 16.3 Å². The molecule has 0 saturated carbocycles. The van der Waals surface area contributed by atoms with Crippen LogP contribution in [-0.2, 0) is 6.54 Å². The second kappa shape index (κ2) is 5.02. The molecule has 0 unspecified atom stereocenters. The number of nitrogens with one attached hydrogen (secondary N) is 1. The minimum atomic E-state index is 0.777. The molecule has 0 radical (unpaired) electrons. The normalized spacial score (nSPS) is 10.5. The van der Waals surface area contributed by atoms with E-state index in [0.717, 1.165) is 17.9 Å². The Labute approximate surface area is 112 Å². The number of para-hydroxylation sites is 2. The number of nitrogen functional groups attached to an aromatic ring is 1. The molecule has 0 aliphatic heterocycles. The first-order valence-electron chi connectivity index (χ1n) is 6.39. The smallest absolute Gasteiger partial charge is 0.0576 e. The quantitative estimate of drug-likeness (QED) is 0.687. The Bertz CT molecular complexity index is 704. The fourth-order valence-corrected chi connectivity index (χ4v) is 2.20. The predicted molar refractivity (Wildman–Crippen MR) is 82.1 cm³/mol. The zero-order valence-electron chi connectivity index (χ0n) is 10.6. The van der Waals surface area contributed by atoms with Gasteiger partial charge in [0.25, 0.3) is 0 Å². The van der Waals surface area contributed by atoms with Crippen molar-refractivity contribution in [3.63, 3.8) is 0 Å². The lowest BCUT2D eigenvalue weighted by Crippen LogP contribution is -2.02. The van der Waals surface area contributed by atoms with E-state index < -0.39 is 0 Å². The first kappa shape index (κ1) is 11.6. The van der Waals surface area contributed by atoms with Gasteiger partial charge in [-0.05, 0) is 34.5 Å². The fraction of sp³-hybridized carbons (Fsp3) is 0.0588. The van der Waals surface area contributed by atoms with E-state index in [4.69, 9.17) is 5.73 Å². The molecule has 0 aliphatic carbocycles. The van der Waals surface area contributed by atoms with Crippen LogP contribution in [0, 0.1) is 0 Å². The number of fused-ring (bicyclic) bond motifs is 1. The van der Waals surface area contributed by atoms with Gasteiger partial charge in [-0.3, -0.25) is 0 Å². The van der Waals surface area contributed by atoms with Crippen LogP contribution in [-0.4, -0.2) is 0 Å². The van der Waals surface area contributed by atoms with Crippen LogP contribution in [0.25, 0.3) is 10.8 Å². The maximum Gasteiger partial charge on any atom is 0.0576 e. The fourth-order valence-electron chi connectivity index (χ4n) is 2.20. The van der Waals surface area contributed by atoms with Crippen LogP contribution in [0.3, 0.4) is 0 Å². The highest BCUT2D eigenvalue weighted by Gasteiger charge is 1.99. The lowest BCUT2D eigenvalue weighted by molar-refractivity contribution is 1.16. The summed E-state index contributed by atoms with van der Waals surface area (Å²) in [6.45, 7) is 0.777. The molecular formula is C17H16N2. The summed E-state index contributed by atoms with van der Waals surface area (Å²) in [5.41, 5.74) is 8.93. The maximum absolute atomic E-state index is 5.91. The van der Waals surface area contributed by atoms with Gasteiger partial charge < -0.3 is 11.1 Å². The van der Waals surface area contributed by atoms with E-state index in [0.29, 0.717) is 0 Å². The lowest BCUT2D eigenvalue weighted by Gasteiger charge is -2.09. The van der Waals surface area contributed by atoms with E-state index in [-0.39, 0.29) is 0 Å². The number of rotatable bonds is 3. The third-order valence-electron chi connectivity index (χ3n) is 3.26. The van der Waals surface area contributed by atoms with E-state index in [1.54, 1.807) is 0 Å². The van der Waals surface area contributed by atoms with E-state index in [1.807, 2.05) is 24.3 Å².